The largest absolute Gasteiger partial charge is 0.466 e. The van der Waals surface area contributed by atoms with Gasteiger partial charge in [-0.3, -0.25) is 9.59 Å². The van der Waals surface area contributed by atoms with E-state index in [1.165, 1.54) is 11.3 Å². The Balaban J connectivity index is 2.13. The molecule has 2 rings (SSSR count). The number of aromatic nitrogens is 1. The van der Waals surface area contributed by atoms with Gasteiger partial charge in [-0.1, -0.05) is 30.3 Å². The van der Waals surface area contributed by atoms with E-state index < -0.39 is 0 Å². The van der Waals surface area contributed by atoms with Crippen molar-refractivity contribution in [2.45, 2.75) is 19.9 Å². The fourth-order valence-electron chi connectivity index (χ4n) is 2.12. The molecule has 0 aliphatic heterocycles. The predicted octanol–water partition coefficient (Wildman–Crippen LogP) is 2.72. The smallest absolute Gasteiger partial charge is 0.307 e. The zero-order valence-corrected chi connectivity index (χ0v) is 14.2. The van der Waals surface area contributed by atoms with E-state index in [1.54, 1.807) is 17.2 Å². The van der Waals surface area contributed by atoms with Crippen LogP contribution in [0.5, 0.6) is 0 Å². The van der Waals surface area contributed by atoms with Gasteiger partial charge in [0, 0.05) is 18.5 Å². The second kappa shape index (κ2) is 8.85. The molecule has 0 aliphatic carbocycles. The first-order chi connectivity index (χ1) is 11.6. The monoisotopic (exact) mass is 342 g/mol. The number of carbonyl (C=O) groups excluding carboxylic acids is 2. The summed E-state index contributed by atoms with van der Waals surface area (Å²) in [6, 6.07) is 9.58. The number of nitrogens with zero attached hydrogens (tertiary/aromatic N) is 2. The van der Waals surface area contributed by atoms with Gasteiger partial charge in [0.25, 0.3) is 5.91 Å². The van der Waals surface area contributed by atoms with Crippen LogP contribution in [0.4, 0.5) is 0 Å². The lowest BCUT2D eigenvalue weighted by Crippen LogP contribution is -2.33. The standard InChI is InChI=1S/C18H18N2O3S/c1-3-16-19-15(13-24-16)18(22)20(11-10-17(21)23-4-2)12-14-8-6-5-7-9-14/h1,5-9,13H,4,10-12H2,2H3. The predicted molar refractivity (Wildman–Crippen MR) is 92.5 cm³/mol. The van der Waals surface area contributed by atoms with Crippen molar-refractivity contribution in [3.8, 4) is 12.3 Å². The van der Waals surface area contributed by atoms with Crippen LogP contribution < -0.4 is 0 Å². The van der Waals surface area contributed by atoms with Gasteiger partial charge in [0.2, 0.25) is 0 Å². The number of rotatable bonds is 7. The molecule has 0 aliphatic rings. The molecule has 1 heterocycles. The summed E-state index contributed by atoms with van der Waals surface area (Å²) < 4.78 is 4.93. The maximum absolute atomic E-state index is 12.7. The van der Waals surface area contributed by atoms with Crippen molar-refractivity contribution in [1.82, 2.24) is 9.88 Å². The Hall–Kier alpha value is -2.65. The minimum Gasteiger partial charge on any atom is -0.466 e. The Bertz CT molecular complexity index is 734. The van der Waals surface area contributed by atoms with Gasteiger partial charge in [0.15, 0.2) is 5.01 Å². The fourth-order valence-corrected chi connectivity index (χ4v) is 2.71. The minimum absolute atomic E-state index is 0.137. The Morgan fingerprint density at radius 2 is 2.08 bits per heavy atom. The van der Waals surface area contributed by atoms with Crippen LogP contribution in [-0.2, 0) is 16.1 Å². The summed E-state index contributed by atoms with van der Waals surface area (Å²) in [4.78, 5) is 30.0. The molecule has 24 heavy (non-hydrogen) atoms. The van der Waals surface area contributed by atoms with Crippen molar-refractivity contribution in [1.29, 1.82) is 0 Å². The van der Waals surface area contributed by atoms with Crippen molar-refractivity contribution in [2.75, 3.05) is 13.2 Å². The highest BCUT2D eigenvalue weighted by atomic mass is 32.1. The summed E-state index contributed by atoms with van der Waals surface area (Å²) >= 11 is 1.25. The van der Waals surface area contributed by atoms with Crippen LogP contribution in [0.2, 0.25) is 0 Å². The number of esters is 1. The Morgan fingerprint density at radius 3 is 2.71 bits per heavy atom. The van der Waals surface area contributed by atoms with Gasteiger partial charge >= 0.3 is 5.97 Å². The van der Waals surface area contributed by atoms with Gasteiger partial charge < -0.3 is 9.64 Å². The average molecular weight is 342 g/mol. The fraction of sp³-hybridized carbons (Fsp3) is 0.278. The Kier molecular flexibility index (Phi) is 6.52. The second-order valence-corrected chi connectivity index (χ2v) is 5.81. The highest BCUT2D eigenvalue weighted by Crippen LogP contribution is 2.14. The van der Waals surface area contributed by atoms with Crippen LogP contribution in [0.25, 0.3) is 0 Å². The van der Waals surface area contributed by atoms with E-state index in [-0.39, 0.29) is 24.8 Å². The van der Waals surface area contributed by atoms with Gasteiger partial charge in [-0.05, 0) is 18.4 Å². The van der Waals surface area contributed by atoms with E-state index in [2.05, 4.69) is 10.9 Å². The van der Waals surface area contributed by atoms with Gasteiger partial charge in [-0.15, -0.1) is 17.8 Å². The quantitative estimate of drug-likeness (QED) is 0.573. The third-order valence-corrected chi connectivity index (χ3v) is 4.01. The molecule has 0 N–H and O–H groups in total. The summed E-state index contributed by atoms with van der Waals surface area (Å²) in [5.74, 6) is 1.84. The van der Waals surface area contributed by atoms with Crippen LogP contribution in [0.3, 0.4) is 0 Å². The SMILES string of the molecule is C#Cc1nc(C(=O)N(CCC(=O)OCC)Cc2ccccc2)cs1. The summed E-state index contributed by atoms with van der Waals surface area (Å²) in [6.07, 6.45) is 5.44. The van der Waals surface area contributed by atoms with Crippen molar-refractivity contribution in [3.63, 3.8) is 0 Å². The molecule has 0 spiro atoms. The van der Waals surface area contributed by atoms with E-state index in [0.29, 0.717) is 23.9 Å². The van der Waals surface area contributed by atoms with E-state index in [1.807, 2.05) is 30.3 Å². The summed E-state index contributed by atoms with van der Waals surface area (Å²) in [6.45, 7) is 2.72. The second-order valence-electron chi connectivity index (χ2n) is 4.95. The lowest BCUT2D eigenvalue weighted by molar-refractivity contribution is -0.143. The first-order valence-corrected chi connectivity index (χ1v) is 8.43. The van der Waals surface area contributed by atoms with Gasteiger partial charge in [0.1, 0.15) is 5.69 Å². The maximum atomic E-state index is 12.7. The normalized spacial score (nSPS) is 10.0. The third kappa shape index (κ3) is 4.93. The molecule has 0 saturated heterocycles. The van der Waals surface area contributed by atoms with Crippen LogP contribution >= 0.6 is 11.3 Å². The van der Waals surface area contributed by atoms with Gasteiger partial charge in [-0.25, -0.2) is 4.98 Å². The maximum Gasteiger partial charge on any atom is 0.307 e. The summed E-state index contributed by atoms with van der Waals surface area (Å²) in [7, 11) is 0. The van der Waals surface area contributed by atoms with E-state index in [0.717, 1.165) is 5.56 Å². The Morgan fingerprint density at radius 1 is 1.33 bits per heavy atom. The number of hydrogen-bond donors (Lipinski definition) is 0. The molecule has 0 saturated carbocycles. The van der Waals surface area contributed by atoms with Crippen molar-refractivity contribution in [2.24, 2.45) is 0 Å². The van der Waals surface area contributed by atoms with Crippen molar-refractivity contribution >= 4 is 23.2 Å². The lowest BCUT2D eigenvalue weighted by Gasteiger charge is -2.21. The first kappa shape index (κ1) is 17.7. The third-order valence-electron chi connectivity index (χ3n) is 3.24. The molecule has 0 atom stereocenters. The molecule has 6 heteroatoms. The van der Waals surface area contributed by atoms with E-state index in [9.17, 15) is 9.59 Å². The minimum atomic E-state index is -0.328. The molecular weight excluding hydrogens is 324 g/mol. The number of ether oxygens (including phenoxy) is 1. The lowest BCUT2D eigenvalue weighted by atomic mass is 10.2. The topological polar surface area (TPSA) is 59.5 Å². The molecule has 0 fully saturated rings. The average Bonchev–Trinajstić information content (AvgIpc) is 3.08. The molecule has 0 bridgehead atoms. The van der Waals surface area contributed by atoms with Crippen molar-refractivity contribution < 1.29 is 14.3 Å². The molecule has 1 aromatic carbocycles. The summed E-state index contributed by atoms with van der Waals surface area (Å²) in [5, 5.41) is 2.10. The molecule has 1 amide bonds. The highest BCUT2D eigenvalue weighted by Gasteiger charge is 2.20. The molecule has 1 aromatic heterocycles. The zero-order valence-electron chi connectivity index (χ0n) is 13.4. The van der Waals surface area contributed by atoms with Crippen LogP contribution in [0.15, 0.2) is 35.7 Å². The summed E-state index contributed by atoms with van der Waals surface area (Å²) in [5.41, 5.74) is 1.27. The molecule has 0 radical (unpaired) electrons. The molecule has 2 aromatic rings. The number of terminal acetylenes is 1. The van der Waals surface area contributed by atoms with Gasteiger partial charge in [0.05, 0.1) is 13.0 Å². The van der Waals surface area contributed by atoms with Crippen LogP contribution in [0, 0.1) is 12.3 Å². The van der Waals surface area contributed by atoms with Gasteiger partial charge in [-0.2, -0.15) is 0 Å². The number of amides is 1. The molecular formula is C18H18N2O3S. The molecule has 0 unspecified atom stereocenters. The number of thiazole rings is 1. The first-order valence-electron chi connectivity index (χ1n) is 7.55. The number of benzene rings is 1. The Labute approximate surface area is 145 Å². The van der Waals surface area contributed by atoms with Crippen LogP contribution in [0.1, 0.15) is 34.4 Å². The van der Waals surface area contributed by atoms with E-state index in [4.69, 9.17) is 11.2 Å². The zero-order chi connectivity index (χ0) is 17.4. The molecule has 124 valence electrons. The van der Waals surface area contributed by atoms with Crippen LogP contribution in [-0.4, -0.2) is 34.9 Å². The van der Waals surface area contributed by atoms with Crippen molar-refractivity contribution in [3.05, 3.63) is 52.0 Å². The van der Waals surface area contributed by atoms with E-state index >= 15 is 0 Å². The number of carbonyl (C=O) groups is 2. The highest BCUT2D eigenvalue weighted by molar-refractivity contribution is 7.10. The number of hydrogen-bond acceptors (Lipinski definition) is 5. The molecule has 5 nitrogen and oxygen atoms in total.